The van der Waals surface area contributed by atoms with E-state index in [4.69, 9.17) is 52.1 Å². The summed E-state index contributed by atoms with van der Waals surface area (Å²) in [5, 5.41) is 8.36. The molecule has 1 aromatic heterocycles. The third kappa shape index (κ3) is 8.25. The van der Waals surface area contributed by atoms with Crippen molar-refractivity contribution in [1.82, 2.24) is 15.0 Å². The maximum Gasteiger partial charge on any atom is 0.303 e. The smallest absolute Gasteiger partial charge is 0.303 e. The first-order valence-corrected chi connectivity index (χ1v) is 15.2. The zero-order chi connectivity index (χ0) is 34.3. The molecule has 0 aliphatic carbocycles. The van der Waals surface area contributed by atoms with Gasteiger partial charge in [-0.15, -0.1) is 5.10 Å². The number of aromatic nitrogens is 3. The molecular weight excluding hydrogens is 630 g/mol. The molecule has 5 rings (SSSR count). The van der Waals surface area contributed by atoms with Gasteiger partial charge >= 0.3 is 23.9 Å². The fourth-order valence-electron chi connectivity index (χ4n) is 5.97. The van der Waals surface area contributed by atoms with Gasteiger partial charge in [-0.1, -0.05) is 5.21 Å². The normalized spacial score (nSPS) is 35.6. The van der Waals surface area contributed by atoms with Crippen molar-refractivity contribution in [2.75, 3.05) is 13.2 Å². The van der Waals surface area contributed by atoms with Crippen LogP contribution in [0.5, 0.6) is 0 Å². The van der Waals surface area contributed by atoms with Gasteiger partial charge in [-0.3, -0.25) is 19.2 Å². The fourth-order valence-corrected chi connectivity index (χ4v) is 5.97. The van der Waals surface area contributed by atoms with E-state index < -0.39 is 96.8 Å². The van der Waals surface area contributed by atoms with E-state index in [1.54, 1.807) is 27.7 Å². The van der Waals surface area contributed by atoms with E-state index in [-0.39, 0.29) is 19.8 Å². The number of esters is 4. The average molecular weight is 672 g/mol. The summed E-state index contributed by atoms with van der Waals surface area (Å²) < 4.78 is 65.3. The minimum absolute atomic E-state index is 0.0697. The molecule has 0 bridgehead atoms. The standard InChI is InChI=1S/C29H41N3O15/c1-13(33)37-11-18-20(40-14(2)34)23(41-15(3)35)24(42-16(4)36)26(43-18)32-9-17(30-31-32)10-38-22-21(19-12-39-28(5,6)45-19)44-27-25(22)46-29(7,8)47-27/h9,18-27H,10-12H2,1-8H3/t18-,19-,20-,21-,22+,23+,24-,25-,26-,27-/m1/s1. The van der Waals surface area contributed by atoms with Gasteiger partial charge in [0, 0.05) is 27.7 Å². The van der Waals surface area contributed by atoms with Crippen molar-refractivity contribution in [3.63, 3.8) is 0 Å². The Bertz CT molecular complexity index is 1330. The molecule has 0 saturated carbocycles. The van der Waals surface area contributed by atoms with E-state index in [0.29, 0.717) is 5.69 Å². The number of carbonyl (C=O) groups is 4. The second-order valence-electron chi connectivity index (χ2n) is 12.5. The summed E-state index contributed by atoms with van der Waals surface area (Å²) in [6.07, 6.45) is -7.90. The SMILES string of the molecule is CC(=O)OC[C@H]1O[C@@H](n2cc(CO[C@@H]3[C@H]4OC(C)(C)O[C@H]4O[C@@H]3[C@H]3COC(C)(C)O3)nn2)[C@H](OC(C)=O)[C@@H](OC(C)=O)[C@@H]1OC(C)=O. The molecule has 0 aromatic carbocycles. The van der Waals surface area contributed by atoms with Crippen LogP contribution in [0.2, 0.25) is 0 Å². The number of hydrogen-bond acceptors (Lipinski definition) is 17. The number of hydrogen-bond donors (Lipinski definition) is 0. The lowest BCUT2D eigenvalue weighted by molar-refractivity contribution is -0.270. The molecule has 4 fully saturated rings. The maximum atomic E-state index is 12.2. The van der Waals surface area contributed by atoms with Gasteiger partial charge in [-0.05, 0) is 27.7 Å². The topological polar surface area (TPSA) is 201 Å². The molecule has 4 aliphatic rings. The molecule has 18 heteroatoms. The molecule has 0 N–H and O–H groups in total. The van der Waals surface area contributed by atoms with Crippen LogP contribution in [0.25, 0.3) is 0 Å². The van der Waals surface area contributed by atoms with E-state index in [1.165, 1.54) is 17.8 Å². The van der Waals surface area contributed by atoms with Crippen LogP contribution in [-0.4, -0.2) is 119 Å². The molecule has 10 atom stereocenters. The van der Waals surface area contributed by atoms with E-state index in [2.05, 4.69) is 10.3 Å². The van der Waals surface area contributed by atoms with Gasteiger partial charge in [0.2, 0.25) is 0 Å². The Morgan fingerprint density at radius 3 is 2.09 bits per heavy atom. The van der Waals surface area contributed by atoms with E-state index in [0.717, 1.165) is 20.8 Å². The zero-order valence-corrected chi connectivity index (χ0v) is 27.4. The molecule has 1 aromatic rings. The van der Waals surface area contributed by atoms with E-state index in [1.807, 2.05) is 0 Å². The van der Waals surface area contributed by atoms with Crippen LogP contribution in [0.1, 0.15) is 67.3 Å². The van der Waals surface area contributed by atoms with Crippen molar-refractivity contribution in [2.24, 2.45) is 0 Å². The molecule has 262 valence electrons. The highest BCUT2D eigenvalue weighted by atomic mass is 16.8. The second kappa shape index (κ2) is 13.7. The highest BCUT2D eigenvalue weighted by Gasteiger charge is 2.59. The highest BCUT2D eigenvalue weighted by Crippen LogP contribution is 2.42. The zero-order valence-electron chi connectivity index (χ0n) is 27.4. The van der Waals surface area contributed by atoms with Crippen molar-refractivity contribution in [2.45, 2.75) is 135 Å². The lowest BCUT2D eigenvalue weighted by Crippen LogP contribution is -2.60. The van der Waals surface area contributed by atoms with Crippen LogP contribution in [0.15, 0.2) is 6.20 Å². The quantitative estimate of drug-likeness (QED) is 0.245. The van der Waals surface area contributed by atoms with E-state index in [9.17, 15) is 19.2 Å². The van der Waals surface area contributed by atoms with Gasteiger partial charge in [0.05, 0.1) is 19.4 Å². The predicted molar refractivity (Wildman–Crippen MR) is 149 cm³/mol. The number of nitrogens with zero attached hydrogens (tertiary/aromatic N) is 3. The number of fused-ring (bicyclic) bond motifs is 1. The molecule has 4 saturated heterocycles. The molecule has 0 radical (unpaired) electrons. The number of rotatable bonds is 10. The average Bonchev–Trinajstić information content (AvgIpc) is 3.70. The molecule has 4 aliphatic heterocycles. The molecule has 47 heavy (non-hydrogen) atoms. The first kappa shape index (κ1) is 35.1. The summed E-state index contributed by atoms with van der Waals surface area (Å²) in [6, 6.07) is 0. The maximum absolute atomic E-state index is 12.2. The monoisotopic (exact) mass is 671 g/mol. The predicted octanol–water partition coefficient (Wildman–Crippen LogP) is 0.447. The molecule has 5 heterocycles. The Hall–Kier alpha value is -3.26. The Morgan fingerprint density at radius 2 is 1.47 bits per heavy atom. The summed E-state index contributed by atoms with van der Waals surface area (Å²) in [7, 11) is 0. The molecule has 0 amide bonds. The lowest BCUT2D eigenvalue weighted by Gasteiger charge is -2.44. The van der Waals surface area contributed by atoms with Crippen LogP contribution in [0, 0.1) is 0 Å². The highest BCUT2D eigenvalue weighted by molar-refractivity contribution is 5.68. The van der Waals surface area contributed by atoms with Crippen LogP contribution >= 0.6 is 0 Å². The largest absolute Gasteiger partial charge is 0.463 e. The fraction of sp³-hybridized carbons (Fsp3) is 0.793. The molecular formula is C29H41N3O15. The lowest BCUT2D eigenvalue weighted by atomic mass is 9.97. The van der Waals surface area contributed by atoms with Crippen molar-refractivity contribution in [3.8, 4) is 0 Å². The van der Waals surface area contributed by atoms with Gasteiger partial charge in [0.25, 0.3) is 0 Å². The van der Waals surface area contributed by atoms with Crippen LogP contribution in [0.4, 0.5) is 0 Å². The minimum atomic E-state index is -1.36. The number of ether oxygens (including phenoxy) is 11. The summed E-state index contributed by atoms with van der Waals surface area (Å²) >= 11 is 0. The molecule has 18 nitrogen and oxygen atoms in total. The van der Waals surface area contributed by atoms with Crippen molar-refractivity contribution in [3.05, 3.63) is 11.9 Å². The minimum Gasteiger partial charge on any atom is -0.463 e. The second-order valence-corrected chi connectivity index (χ2v) is 12.5. The van der Waals surface area contributed by atoms with Gasteiger partial charge in [-0.25, -0.2) is 4.68 Å². The van der Waals surface area contributed by atoms with Crippen molar-refractivity contribution in [1.29, 1.82) is 0 Å². The van der Waals surface area contributed by atoms with Crippen LogP contribution in [-0.2, 0) is 77.9 Å². The van der Waals surface area contributed by atoms with E-state index >= 15 is 0 Å². The third-order valence-electron chi connectivity index (χ3n) is 7.63. The first-order chi connectivity index (χ1) is 22.0. The van der Waals surface area contributed by atoms with Crippen molar-refractivity contribution < 1.29 is 71.3 Å². The van der Waals surface area contributed by atoms with Crippen molar-refractivity contribution >= 4 is 23.9 Å². The summed E-state index contributed by atoms with van der Waals surface area (Å²) in [6.45, 7) is 11.6. The van der Waals surface area contributed by atoms with Gasteiger partial charge in [0.15, 0.2) is 42.4 Å². The summed E-state index contributed by atoms with van der Waals surface area (Å²) in [4.78, 5) is 48.0. The van der Waals surface area contributed by atoms with Gasteiger partial charge in [-0.2, -0.15) is 0 Å². The Labute approximate surface area is 270 Å². The van der Waals surface area contributed by atoms with Crippen LogP contribution in [0.3, 0.4) is 0 Å². The summed E-state index contributed by atoms with van der Waals surface area (Å²) in [5.41, 5.74) is 0.335. The molecule has 0 spiro atoms. The Morgan fingerprint density at radius 1 is 0.809 bits per heavy atom. The van der Waals surface area contributed by atoms with Gasteiger partial charge in [0.1, 0.15) is 42.8 Å². The first-order valence-electron chi connectivity index (χ1n) is 15.2. The van der Waals surface area contributed by atoms with Crippen LogP contribution < -0.4 is 0 Å². The Balaban J connectivity index is 1.38. The summed E-state index contributed by atoms with van der Waals surface area (Å²) in [5.74, 6) is -4.56. The Kier molecular flexibility index (Phi) is 10.2. The molecule has 0 unspecified atom stereocenters. The number of carbonyl (C=O) groups excluding carboxylic acids is 4. The van der Waals surface area contributed by atoms with Gasteiger partial charge < -0.3 is 52.1 Å². The third-order valence-corrected chi connectivity index (χ3v) is 7.63.